The van der Waals surface area contributed by atoms with E-state index in [1.165, 1.54) is 0 Å². The van der Waals surface area contributed by atoms with Crippen LogP contribution in [0.25, 0.3) is 0 Å². The van der Waals surface area contributed by atoms with Gasteiger partial charge in [-0.15, -0.1) is 0 Å². The minimum absolute atomic E-state index is 0.0524. The summed E-state index contributed by atoms with van der Waals surface area (Å²) >= 11 is 0. The molecule has 0 bridgehead atoms. The van der Waals surface area contributed by atoms with E-state index in [1.54, 1.807) is 6.92 Å². The molecule has 1 atom stereocenters. The van der Waals surface area contributed by atoms with Crippen LogP contribution < -0.4 is 0 Å². The van der Waals surface area contributed by atoms with Crippen molar-refractivity contribution in [3.05, 3.63) is 0 Å². The van der Waals surface area contributed by atoms with Gasteiger partial charge in [-0.3, -0.25) is 14.4 Å². The lowest BCUT2D eigenvalue weighted by Crippen LogP contribution is -2.16. The molecule has 0 radical (unpaired) electrons. The van der Waals surface area contributed by atoms with E-state index in [4.69, 9.17) is 10.2 Å². The van der Waals surface area contributed by atoms with Crippen molar-refractivity contribution in [1.82, 2.24) is 0 Å². The summed E-state index contributed by atoms with van der Waals surface area (Å²) in [5.74, 6) is -3.05. The molecule has 0 aliphatic rings. The Morgan fingerprint density at radius 2 is 1.76 bits per heavy atom. The van der Waals surface area contributed by atoms with Crippen LogP contribution in [0.2, 0.25) is 0 Å². The van der Waals surface area contributed by atoms with Crippen molar-refractivity contribution in [2.75, 3.05) is 6.61 Å². The Morgan fingerprint density at radius 3 is 2.24 bits per heavy atom. The first-order chi connectivity index (χ1) is 7.97. The van der Waals surface area contributed by atoms with E-state index in [0.717, 1.165) is 0 Å². The number of rotatable bonds is 9. The molecule has 0 rings (SSSR count). The molecular formula is C11H18O6. The highest BCUT2D eigenvalue weighted by atomic mass is 16.5. The van der Waals surface area contributed by atoms with Gasteiger partial charge in [0.2, 0.25) is 0 Å². The lowest BCUT2D eigenvalue weighted by molar-refractivity contribution is -0.146. The number of carbonyl (C=O) groups excluding carboxylic acids is 1. The fourth-order valence-electron chi connectivity index (χ4n) is 1.42. The average Bonchev–Trinajstić information content (AvgIpc) is 2.22. The summed E-state index contributed by atoms with van der Waals surface area (Å²) in [5.41, 5.74) is 0. The highest BCUT2D eigenvalue weighted by Crippen LogP contribution is 2.15. The summed E-state index contributed by atoms with van der Waals surface area (Å²) in [5, 5.41) is 17.3. The van der Waals surface area contributed by atoms with E-state index >= 15 is 0 Å². The first-order valence-electron chi connectivity index (χ1n) is 5.57. The second kappa shape index (κ2) is 8.55. The molecule has 0 aromatic heterocycles. The Hall–Kier alpha value is -1.59. The third-order valence-electron chi connectivity index (χ3n) is 2.29. The van der Waals surface area contributed by atoms with E-state index in [2.05, 4.69) is 4.74 Å². The second-order valence-electron chi connectivity index (χ2n) is 3.66. The average molecular weight is 246 g/mol. The predicted octanol–water partition coefficient (Wildman–Crippen LogP) is 1.29. The molecule has 0 aromatic rings. The maximum Gasteiger partial charge on any atom is 0.306 e. The molecule has 2 N–H and O–H groups in total. The Bertz CT molecular complexity index is 273. The predicted molar refractivity (Wildman–Crippen MR) is 58.5 cm³/mol. The van der Waals surface area contributed by atoms with Crippen molar-refractivity contribution < 1.29 is 29.3 Å². The molecule has 6 nitrogen and oxygen atoms in total. The number of ether oxygens (including phenoxy) is 1. The van der Waals surface area contributed by atoms with E-state index in [0.29, 0.717) is 6.42 Å². The minimum atomic E-state index is -1.00. The van der Waals surface area contributed by atoms with Crippen molar-refractivity contribution in [3.8, 4) is 0 Å². The van der Waals surface area contributed by atoms with Crippen LogP contribution in [0.1, 0.15) is 39.0 Å². The Kier molecular flexibility index (Phi) is 7.75. The van der Waals surface area contributed by atoms with Crippen LogP contribution in [0.3, 0.4) is 0 Å². The summed E-state index contributed by atoms with van der Waals surface area (Å²) in [6, 6.07) is 0. The molecule has 0 amide bonds. The number of hydrogen-bond donors (Lipinski definition) is 2. The van der Waals surface area contributed by atoms with Gasteiger partial charge in [0.05, 0.1) is 12.5 Å². The summed E-state index contributed by atoms with van der Waals surface area (Å²) < 4.78 is 4.69. The van der Waals surface area contributed by atoms with Gasteiger partial charge >= 0.3 is 17.9 Å². The van der Waals surface area contributed by atoms with Gasteiger partial charge in [0, 0.05) is 12.8 Å². The fraction of sp³-hybridized carbons (Fsp3) is 0.727. The lowest BCUT2D eigenvalue weighted by atomic mass is 9.97. The summed E-state index contributed by atoms with van der Waals surface area (Å²) in [6.07, 6.45) is 0.755. The molecule has 0 spiro atoms. The number of aliphatic carboxylic acids is 2. The quantitative estimate of drug-likeness (QED) is 0.594. The van der Waals surface area contributed by atoms with Crippen molar-refractivity contribution in [2.45, 2.75) is 39.0 Å². The summed E-state index contributed by atoms with van der Waals surface area (Å²) in [4.78, 5) is 32.2. The standard InChI is InChI=1S/C11H18O6/c1-2-17-10(14)7-6-8(11(15)16)4-3-5-9(12)13/h8H,2-7H2,1H3,(H,12,13)(H,15,16). The largest absolute Gasteiger partial charge is 0.481 e. The molecule has 17 heavy (non-hydrogen) atoms. The second-order valence-corrected chi connectivity index (χ2v) is 3.66. The monoisotopic (exact) mass is 246 g/mol. The van der Waals surface area contributed by atoms with Gasteiger partial charge in [-0.1, -0.05) is 0 Å². The van der Waals surface area contributed by atoms with Crippen LogP contribution in [0.15, 0.2) is 0 Å². The van der Waals surface area contributed by atoms with Crippen LogP contribution in [0.4, 0.5) is 0 Å². The zero-order valence-electron chi connectivity index (χ0n) is 9.85. The van der Waals surface area contributed by atoms with Gasteiger partial charge in [0.25, 0.3) is 0 Å². The Morgan fingerprint density at radius 1 is 1.12 bits per heavy atom. The molecule has 0 fully saturated rings. The summed E-state index contributed by atoms with van der Waals surface area (Å²) in [7, 11) is 0. The molecule has 0 heterocycles. The molecule has 1 unspecified atom stereocenters. The fourth-order valence-corrected chi connectivity index (χ4v) is 1.42. The first kappa shape index (κ1) is 15.4. The van der Waals surface area contributed by atoms with Gasteiger partial charge in [-0.05, 0) is 26.2 Å². The van der Waals surface area contributed by atoms with Crippen molar-refractivity contribution in [3.63, 3.8) is 0 Å². The SMILES string of the molecule is CCOC(=O)CCC(CCCC(=O)O)C(=O)O. The van der Waals surface area contributed by atoms with E-state index in [1.807, 2.05) is 0 Å². The van der Waals surface area contributed by atoms with E-state index in [9.17, 15) is 14.4 Å². The van der Waals surface area contributed by atoms with Gasteiger partial charge in [0.15, 0.2) is 0 Å². The number of esters is 1. The van der Waals surface area contributed by atoms with Gasteiger partial charge in [-0.25, -0.2) is 0 Å². The van der Waals surface area contributed by atoms with Gasteiger partial charge in [0.1, 0.15) is 0 Å². The van der Waals surface area contributed by atoms with E-state index < -0.39 is 23.8 Å². The molecule has 6 heteroatoms. The maximum atomic E-state index is 11.0. The molecule has 0 aliphatic carbocycles. The third-order valence-corrected chi connectivity index (χ3v) is 2.29. The highest BCUT2D eigenvalue weighted by molar-refractivity contribution is 5.73. The third kappa shape index (κ3) is 8.24. The zero-order chi connectivity index (χ0) is 13.3. The topological polar surface area (TPSA) is 101 Å². The van der Waals surface area contributed by atoms with Gasteiger partial charge in [-0.2, -0.15) is 0 Å². The minimum Gasteiger partial charge on any atom is -0.481 e. The lowest BCUT2D eigenvalue weighted by Gasteiger charge is -2.10. The van der Waals surface area contributed by atoms with Crippen LogP contribution in [-0.4, -0.2) is 34.7 Å². The van der Waals surface area contributed by atoms with Crippen LogP contribution in [0, 0.1) is 5.92 Å². The summed E-state index contributed by atoms with van der Waals surface area (Å²) in [6.45, 7) is 1.95. The molecule has 0 aliphatic heterocycles. The molecule has 98 valence electrons. The van der Waals surface area contributed by atoms with Gasteiger partial charge < -0.3 is 14.9 Å². The van der Waals surface area contributed by atoms with Crippen molar-refractivity contribution in [1.29, 1.82) is 0 Å². The molecule has 0 saturated heterocycles. The number of hydrogen-bond acceptors (Lipinski definition) is 4. The van der Waals surface area contributed by atoms with E-state index in [-0.39, 0.29) is 32.3 Å². The Balaban J connectivity index is 3.94. The van der Waals surface area contributed by atoms with Crippen LogP contribution in [0.5, 0.6) is 0 Å². The first-order valence-corrected chi connectivity index (χ1v) is 5.57. The normalized spacial score (nSPS) is 11.8. The van der Waals surface area contributed by atoms with Crippen LogP contribution in [-0.2, 0) is 19.1 Å². The maximum absolute atomic E-state index is 11.0. The molecule has 0 aromatic carbocycles. The highest BCUT2D eigenvalue weighted by Gasteiger charge is 2.19. The number of carboxylic acid groups (broad SMARTS) is 2. The number of carbonyl (C=O) groups is 3. The zero-order valence-corrected chi connectivity index (χ0v) is 9.85. The Labute approximate surface area is 99.6 Å². The molecular weight excluding hydrogens is 228 g/mol. The smallest absolute Gasteiger partial charge is 0.306 e. The van der Waals surface area contributed by atoms with Crippen LogP contribution >= 0.6 is 0 Å². The van der Waals surface area contributed by atoms with Crippen molar-refractivity contribution in [2.24, 2.45) is 5.92 Å². The molecule has 0 saturated carbocycles. The van der Waals surface area contributed by atoms with Crippen molar-refractivity contribution >= 4 is 17.9 Å². The number of carboxylic acids is 2.